The minimum absolute atomic E-state index is 0.160. The maximum Gasteiger partial charge on any atom is 0.341 e. The van der Waals surface area contributed by atoms with Gasteiger partial charge in [-0.05, 0) is 18.2 Å². The van der Waals surface area contributed by atoms with Gasteiger partial charge in [0.25, 0.3) is 0 Å². The molecule has 1 aromatic heterocycles. The molecule has 0 aliphatic heterocycles. The summed E-state index contributed by atoms with van der Waals surface area (Å²) in [5, 5.41) is 0. The molecule has 1 aliphatic carbocycles. The quantitative estimate of drug-likeness (QED) is 0.843. The van der Waals surface area contributed by atoms with Gasteiger partial charge < -0.3 is 10.5 Å². The van der Waals surface area contributed by atoms with Gasteiger partial charge in [-0.2, -0.15) is 8.78 Å². The Kier molecular flexibility index (Phi) is 3.21. The first kappa shape index (κ1) is 13.4. The molecule has 1 heterocycles. The molecule has 0 fully saturated rings. The number of hydrogen-bond acceptors (Lipinski definition) is 3. The number of halogens is 4. The number of aromatic nitrogens is 1. The van der Waals surface area contributed by atoms with Crippen LogP contribution < -0.4 is 5.73 Å². The summed E-state index contributed by atoms with van der Waals surface area (Å²) in [5.74, 6) is -6.38. The molecule has 19 heavy (non-hydrogen) atoms. The highest BCUT2D eigenvalue weighted by Gasteiger charge is 2.52. The van der Waals surface area contributed by atoms with Gasteiger partial charge in [0.05, 0.1) is 7.11 Å². The van der Waals surface area contributed by atoms with Crippen molar-refractivity contribution in [3.05, 3.63) is 41.6 Å². The van der Waals surface area contributed by atoms with Gasteiger partial charge in [0.1, 0.15) is 11.6 Å². The highest BCUT2D eigenvalue weighted by Crippen LogP contribution is 2.43. The Morgan fingerprint density at radius 1 is 1.37 bits per heavy atom. The smallest absolute Gasteiger partial charge is 0.341 e. The molecule has 0 spiro atoms. The molecule has 7 heteroatoms. The second-order valence-electron chi connectivity index (χ2n) is 3.93. The van der Waals surface area contributed by atoms with Crippen molar-refractivity contribution in [1.29, 1.82) is 0 Å². The Hall–Kier alpha value is -2.05. The van der Waals surface area contributed by atoms with E-state index in [1.165, 1.54) is 18.3 Å². The zero-order valence-corrected chi connectivity index (χ0v) is 9.83. The van der Waals surface area contributed by atoms with E-state index in [2.05, 4.69) is 9.72 Å². The molecule has 0 aromatic carbocycles. The van der Waals surface area contributed by atoms with E-state index < -0.39 is 23.7 Å². The number of alkyl halides is 3. The lowest BCUT2D eigenvalue weighted by Crippen LogP contribution is -2.36. The van der Waals surface area contributed by atoms with Crippen LogP contribution in [0.4, 0.5) is 23.4 Å². The fraction of sp³-hybridized carbons (Fsp3) is 0.250. The van der Waals surface area contributed by atoms with E-state index in [0.717, 1.165) is 7.11 Å². The van der Waals surface area contributed by atoms with E-state index >= 15 is 0 Å². The first-order valence-corrected chi connectivity index (χ1v) is 5.27. The standard InChI is InChI=1S/C12H10F4N2O/c1-19-11-7(6-2-3-9(17)18-5-6)4-8(13)10(14)12(11,15)16/h2-5,10H,1H3,(H2,17,18). The van der Waals surface area contributed by atoms with Crippen molar-refractivity contribution >= 4 is 11.4 Å². The zero-order valence-electron chi connectivity index (χ0n) is 9.83. The van der Waals surface area contributed by atoms with Gasteiger partial charge >= 0.3 is 5.92 Å². The van der Waals surface area contributed by atoms with Gasteiger partial charge in [-0.3, -0.25) is 0 Å². The predicted octanol–water partition coefficient (Wildman–Crippen LogP) is 2.86. The van der Waals surface area contributed by atoms with E-state index in [1.807, 2.05) is 0 Å². The lowest BCUT2D eigenvalue weighted by molar-refractivity contribution is -0.0684. The largest absolute Gasteiger partial charge is 0.494 e. The monoisotopic (exact) mass is 274 g/mol. The van der Waals surface area contributed by atoms with Crippen molar-refractivity contribution in [3.63, 3.8) is 0 Å². The summed E-state index contributed by atoms with van der Waals surface area (Å²) in [5.41, 5.74) is 5.27. The highest BCUT2D eigenvalue weighted by atomic mass is 19.3. The van der Waals surface area contributed by atoms with Crippen LogP contribution in [0.3, 0.4) is 0 Å². The minimum Gasteiger partial charge on any atom is -0.494 e. The summed E-state index contributed by atoms with van der Waals surface area (Å²) in [4.78, 5) is 3.71. The Labute approximate surface area is 106 Å². The Bertz CT molecular complexity index is 551. The van der Waals surface area contributed by atoms with Gasteiger partial charge in [0, 0.05) is 17.3 Å². The maximum absolute atomic E-state index is 13.6. The van der Waals surface area contributed by atoms with Gasteiger partial charge in [-0.25, -0.2) is 13.8 Å². The lowest BCUT2D eigenvalue weighted by atomic mass is 9.94. The van der Waals surface area contributed by atoms with Crippen molar-refractivity contribution in [3.8, 4) is 0 Å². The number of nitrogens with zero attached hydrogens (tertiary/aromatic N) is 1. The summed E-state index contributed by atoms with van der Waals surface area (Å²) in [6.45, 7) is 0. The Morgan fingerprint density at radius 3 is 2.58 bits per heavy atom. The zero-order chi connectivity index (χ0) is 14.2. The molecule has 1 aromatic rings. The molecular weight excluding hydrogens is 264 g/mol. The summed E-state index contributed by atoms with van der Waals surface area (Å²) < 4.78 is 58.3. The van der Waals surface area contributed by atoms with E-state index in [0.29, 0.717) is 6.08 Å². The number of anilines is 1. The predicted molar refractivity (Wildman–Crippen MR) is 61.6 cm³/mol. The SMILES string of the molecule is COC1=C(c2ccc(N)nc2)C=C(F)C(F)C1(F)F. The molecule has 1 unspecified atom stereocenters. The van der Waals surface area contributed by atoms with Gasteiger partial charge in [-0.1, -0.05) is 0 Å². The Morgan fingerprint density at radius 2 is 2.05 bits per heavy atom. The molecule has 0 radical (unpaired) electrons. The molecule has 1 aliphatic rings. The van der Waals surface area contributed by atoms with Gasteiger partial charge in [0.2, 0.25) is 6.17 Å². The third-order valence-electron chi connectivity index (χ3n) is 2.69. The number of hydrogen-bond donors (Lipinski definition) is 1. The van der Waals surface area contributed by atoms with Crippen LogP contribution >= 0.6 is 0 Å². The molecule has 2 rings (SSSR count). The van der Waals surface area contributed by atoms with Crippen molar-refractivity contribution in [1.82, 2.24) is 4.98 Å². The highest BCUT2D eigenvalue weighted by molar-refractivity contribution is 5.78. The van der Waals surface area contributed by atoms with Crippen LogP contribution in [0.1, 0.15) is 5.56 Å². The molecule has 3 nitrogen and oxygen atoms in total. The van der Waals surface area contributed by atoms with Crippen molar-refractivity contribution < 1.29 is 22.3 Å². The normalized spacial score (nSPS) is 22.2. The third kappa shape index (κ3) is 2.16. The first-order chi connectivity index (χ1) is 8.87. The average molecular weight is 274 g/mol. The molecule has 0 bridgehead atoms. The third-order valence-corrected chi connectivity index (χ3v) is 2.69. The maximum atomic E-state index is 13.6. The lowest BCUT2D eigenvalue weighted by Gasteiger charge is -2.27. The van der Waals surface area contributed by atoms with Gasteiger partial charge in [0.15, 0.2) is 5.76 Å². The first-order valence-electron chi connectivity index (χ1n) is 5.27. The fourth-order valence-electron chi connectivity index (χ4n) is 1.77. The van der Waals surface area contributed by atoms with E-state index in [1.54, 1.807) is 0 Å². The van der Waals surface area contributed by atoms with E-state index in [4.69, 9.17) is 5.73 Å². The minimum atomic E-state index is -4.07. The molecule has 0 amide bonds. The van der Waals surface area contributed by atoms with Crippen LogP contribution in [0, 0.1) is 0 Å². The number of methoxy groups -OCH3 is 1. The van der Waals surface area contributed by atoms with Crippen molar-refractivity contribution in [2.45, 2.75) is 12.1 Å². The number of rotatable bonds is 2. The number of ether oxygens (including phenoxy) is 1. The Balaban J connectivity index is 2.61. The summed E-state index contributed by atoms with van der Waals surface area (Å²) in [6.07, 6.45) is -1.19. The average Bonchev–Trinajstić information content (AvgIpc) is 2.36. The molecule has 2 N–H and O–H groups in total. The second-order valence-corrected chi connectivity index (χ2v) is 3.93. The summed E-state index contributed by atoms with van der Waals surface area (Å²) >= 11 is 0. The van der Waals surface area contributed by atoms with Crippen molar-refractivity contribution in [2.24, 2.45) is 0 Å². The molecule has 0 saturated carbocycles. The van der Waals surface area contributed by atoms with Crippen molar-refractivity contribution in [2.75, 3.05) is 12.8 Å². The van der Waals surface area contributed by atoms with Crippen LogP contribution in [0.15, 0.2) is 36.0 Å². The number of nitrogen functional groups attached to an aromatic ring is 1. The van der Waals surface area contributed by atoms with E-state index in [9.17, 15) is 17.6 Å². The number of pyridine rings is 1. The van der Waals surface area contributed by atoms with Gasteiger partial charge in [-0.15, -0.1) is 0 Å². The molecular formula is C12H10F4N2O. The van der Waals surface area contributed by atoms with Crippen LogP contribution in [0.5, 0.6) is 0 Å². The van der Waals surface area contributed by atoms with Crippen LogP contribution in [-0.4, -0.2) is 24.2 Å². The summed E-state index contributed by atoms with van der Waals surface area (Å²) in [6, 6.07) is 2.73. The van der Waals surface area contributed by atoms with Crippen LogP contribution in [-0.2, 0) is 4.74 Å². The summed E-state index contributed by atoms with van der Waals surface area (Å²) in [7, 11) is 0.970. The van der Waals surface area contributed by atoms with Crippen LogP contribution in [0.2, 0.25) is 0 Å². The number of nitrogens with two attached hydrogens (primary N) is 1. The molecule has 0 saturated heterocycles. The molecule has 102 valence electrons. The van der Waals surface area contributed by atoms with Crippen LogP contribution in [0.25, 0.3) is 5.57 Å². The molecule has 1 atom stereocenters. The number of allylic oxidation sites excluding steroid dienone is 4. The second kappa shape index (κ2) is 4.56. The van der Waals surface area contributed by atoms with E-state index in [-0.39, 0.29) is 17.0 Å². The topological polar surface area (TPSA) is 48.1 Å². The fourth-order valence-corrected chi connectivity index (χ4v) is 1.77.